The fraction of sp³-hybridized carbons (Fsp3) is 0.379. The van der Waals surface area contributed by atoms with Gasteiger partial charge in [0.15, 0.2) is 0 Å². The molecule has 2 aromatic carbocycles. The summed E-state index contributed by atoms with van der Waals surface area (Å²) in [6.07, 6.45) is 9.20. The summed E-state index contributed by atoms with van der Waals surface area (Å²) >= 11 is 0. The van der Waals surface area contributed by atoms with Crippen molar-refractivity contribution in [1.82, 2.24) is 10.6 Å². The number of anilines is 1. The van der Waals surface area contributed by atoms with Crippen LogP contribution >= 0.6 is 0 Å². The van der Waals surface area contributed by atoms with Crippen molar-refractivity contribution in [3.8, 4) is 0 Å². The van der Waals surface area contributed by atoms with Gasteiger partial charge in [0.2, 0.25) is 12.8 Å². The van der Waals surface area contributed by atoms with Crippen LogP contribution in [0.5, 0.6) is 0 Å². The Balaban J connectivity index is 0.000000340. The molecule has 0 radical (unpaired) electrons. The number of rotatable bonds is 12. The minimum Gasteiger partial charge on any atom is -0.380 e. The number of nitrogens with one attached hydrogen (secondary N) is 2. The van der Waals surface area contributed by atoms with Crippen molar-refractivity contribution in [1.29, 1.82) is 0 Å². The highest BCUT2D eigenvalue weighted by molar-refractivity contribution is 5.48. The molecule has 0 atom stereocenters. The standard InChI is InChI=1S/C19H23N.C6H10O.C4H8N2O2/c1-3-7-17(8-4-1)9-10-18-11-13-19(14-12-18)20-15-5-2-6-16-20;1-4-6(2)5-7-3;7-3-5-1-2-6-4-8/h1,3-4,7-8,11-14H,2,5-6,9-10,15-16H2;4H,1-2,5H2,3H3;3-4H,1-2H2,(H,5,7)(H,6,8). The lowest BCUT2D eigenvalue weighted by molar-refractivity contribution is -0.111. The quantitative estimate of drug-likeness (QED) is 0.270. The normalized spacial score (nSPS) is 12.1. The molecule has 0 unspecified atom stereocenters. The molecule has 0 spiro atoms. The highest BCUT2D eigenvalue weighted by atomic mass is 16.5. The predicted molar refractivity (Wildman–Crippen MR) is 146 cm³/mol. The van der Waals surface area contributed by atoms with Crippen molar-refractivity contribution in [3.63, 3.8) is 0 Å². The number of hydrogen-bond acceptors (Lipinski definition) is 4. The van der Waals surface area contributed by atoms with E-state index in [0.717, 1.165) is 18.4 Å². The van der Waals surface area contributed by atoms with Crippen LogP contribution in [0.4, 0.5) is 5.69 Å². The van der Waals surface area contributed by atoms with Crippen molar-refractivity contribution in [2.24, 2.45) is 0 Å². The van der Waals surface area contributed by atoms with E-state index in [1.165, 1.54) is 49.2 Å². The van der Waals surface area contributed by atoms with Crippen molar-refractivity contribution in [2.75, 3.05) is 44.8 Å². The maximum Gasteiger partial charge on any atom is 0.207 e. The van der Waals surface area contributed by atoms with Crippen LogP contribution in [0.3, 0.4) is 0 Å². The number of benzene rings is 2. The first kappa shape index (κ1) is 29.7. The Morgan fingerprint density at radius 2 is 1.43 bits per heavy atom. The van der Waals surface area contributed by atoms with Crippen LogP contribution in [0, 0.1) is 0 Å². The third-order valence-electron chi connectivity index (χ3n) is 5.40. The number of carbonyl (C=O) groups is 2. The molecule has 2 amide bonds. The predicted octanol–water partition coefficient (Wildman–Crippen LogP) is 4.32. The van der Waals surface area contributed by atoms with Gasteiger partial charge in [-0.15, -0.1) is 0 Å². The molecule has 1 heterocycles. The lowest BCUT2D eigenvalue weighted by Crippen LogP contribution is -2.29. The van der Waals surface area contributed by atoms with Gasteiger partial charge in [-0.2, -0.15) is 0 Å². The largest absolute Gasteiger partial charge is 0.380 e. The minimum absolute atomic E-state index is 0.488. The summed E-state index contributed by atoms with van der Waals surface area (Å²) in [4.78, 5) is 21.6. The number of piperidine rings is 1. The van der Waals surface area contributed by atoms with E-state index in [9.17, 15) is 9.59 Å². The Morgan fingerprint density at radius 1 is 0.886 bits per heavy atom. The average molecular weight is 480 g/mol. The Morgan fingerprint density at radius 3 is 1.89 bits per heavy atom. The number of methoxy groups -OCH3 is 1. The minimum atomic E-state index is 0.488. The van der Waals surface area contributed by atoms with E-state index in [2.05, 4.69) is 83.3 Å². The molecule has 0 aromatic heterocycles. The fourth-order valence-corrected chi connectivity index (χ4v) is 3.47. The van der Waals surface area contributed by atoms with Crippen LogP contribution in [-0.4, -0.2) is 52.7 Å². The topological polar surface area (TPSA) is 70.7 Å². The van der Waals surface area contributed by atoms with Gasteiger partial charge in [-0.1, -0.05) is 61.7 Å². The van der Waals surface area contributed by atoms with Crippen LogP contribution < -0.4 is 15.5 Å². The molecule has 6 nitrogen and oxygen atoms in total. The highest BCUT2D eigenvalue weighted by Gasteiger charge is 2.10. The zero-order chi connectivity index (χ0) is 25.6. The van der Waals surface area contributed by atoms with E-state index >= 15 is 0 Å². The molecule has 190 valence electrons. The second kappa shape index (κ2) is 20.0. The third kappa shape index (κ3) is 14.5. The lowest BCUT2D eigenvalue weighted by Gasteiger charge is -2.28. The molecule has 1 aliphatic rings. The van der Waals surface area contributed by atoms with Crippen molar-refractivity contribution in [3.05, 3.63) is 90.5 Å². The zero-order valence-corrected chi connectivity index (χ0v) is 21.1. The molecule has 2 N–H and O–H groups in total. The van der Waals surface area contributed by atoms with Crippen molar-refractivity contribution < 1.29 is 14.3 Å². The molecule has 0 bridgehead atoms. The van der Waals surface area contributed by atoms with Gasteiger partial charge in [0.25, 0.3) is 0 Å². The van der Waals surface area contributed by atoms with Crippen LogP contribution in [0.1, 0.15) is 30.4 Å². The third-order valence-corrected chi connectivity index (χ3v) is 5.40. The smallest absolute Gasteiger partial charge is 0.207 e. The monoisotopic (exact) mass is 479 g/mol. The summed E-state index contributed by atoms with van der Waals surface area (Å²) in [6, 6.07) is 19.9. The molecule has 1 aliphatic heterocycles. The van der Waals surface area contributed by atoms with E-state index in [1.807, 2.05) is 0 Å². The van der Waals surface area contributed by atoms with Gasteiger partial charge >= 0.3 is 0 Å². The molecule has 1 fully saturated rings. The maximum absolute atomic E-state index is 9.54. The van der Waals surface area contributed by atoms with Gasteiger partial charge < -0.3 is 20.3 Å². The van der Waals surface area contributed by atoms with E-state index in [0.29, 0.717) is 32.5 Å². The van der Waals surface area contributed by atoms with Crippen LogP contribution in [0.2, 0.25) is 0 Å². The molecule has 35 heavy (non-hydrogen) atoms. The number of ether oxygens (including phenoxy) is 1. The van der Waals surface area contributed by atoms with E-state index < -0.39 is 0 Å². The summed E-state index contributed by atoms with van der Waals surface area (Å²) in [6.45, 7) is 11.1. The van der Waals surface area contributed by atoms with E-state index in [-0.39, 0.29) is 0 Å². The fourth-order valence-electron chi connectivity index (χ4n) is 3.47. The van der Waals surface area contributed by atoms with E-state index in [1.54, 1.807) is 13.2 Å². The number of amides is 2. The van der Waals surface area contributed by atoms with Crippen molar-refractivity contribution in [2.45, 2.75) is 32.1 Å². The molecule has 2 aromatic rings. The first-order valence-electron chi connectivity index (χ1n) is 12.2. The lowest BCUT2D eigenvalue weighted by atomic mass is 10.0. The van der Waals surface area contributed by atoms with Crippen LogP contribution in [0.25, 0.3) is 0 Å². The van der Waals surface area contributed by atoms with E-state index in [4.69, 9.17) is 4.74 Å². The summed E-state index contributed by atoms with van der Waals surface area (Å²) in [5, 5.41) is 4.76. The number of carbonyl (C=O) groups excluding carboxylic acids is 2. The maximum atomic E-state index is 9.54. The second-order valence-corrected chi connectivity index (χ2v) is 8.14. The highest BCUT2D eigenvalue weighted by Crippen LogP contribution is 2.20. The molecular weight excluding hydrogens is 438 g/mol. The molecule has 0 saturated carbocycles. The molecular formula is C29H41N3O3. The van der Waals surface area contributed by atoms with Crippen molar-refractivity contribution >= 4 is 18.5 Å². The summed E-state index contributed by atoms with van der Waals surface area (Å²) in [5.74, 6) is 0. The van der Waals surface area contributed by atoms with Crippen LogP contribution in [0.15, 0.2) is 79.4 Å². The molecule has 1 saturated heterocycles. The summed E-state index contributed by atoms with van der Waals surface area (Å²) in [7, 11) is 1.63. The Labute approximate surface area is 211 Å². The van der Waals surface area contributed by atoms with Gasteiger partial charge in [0.05, 0.1) is 6.61 Å². The van der Waals surface area contributed by atoms with Gasteiger partial charge in [-0.25, -0.2) is 0 Å². The SMILES string of the molecule is C=CC(=C)COC.O=CNCCNC=O.c1ccc(CCc2ccc(N3CCCCC3)cc2)cc1. The molecule has 6 heteroatoms. The second-order valence-electron chi connectivity index (χ2n) is 8.14. The molecule has 3 rings (SSSR count). The number of nitrogens with zero attached hydrogens (tertiary/aromatic N) is 1. The number of hydrogen-bond donors (Lipinski definition) is 2. The van der Waals surface area contributed by atoms with Crippen LogP contribution in [-0.2, 0) is 27.2 Å². The van der Waals surface area contributed by atoms with Gasteiger partial charge in [0, 0.05) is 39.0 Å². The first-order chi connectivity index (χ1) is 17.1. The van der Waals surface area contributed by atoms with Gasteiger partial charge in [-0.05, 0) is 60.9 Å². The Bertz CT molecular complexity index is 822. The van der Waals surface area contributed by atoms with Gasteiger partial charge in [0.1, 0.15) is 0 Å². The zero-order valence-electron chi connectivity index (χ0n) is 21.1. The average Bonchev–Trinajstić information content (AvgIpc) is 2.92. The first-order valence-corrected chi connectivity index (χ1v) is 12.2. The summed E-state index contributed by atoms with van der Waals surface area (Å²) < 4.78 is 4.72. The number of aryl methyl sites for hydroxylation is 2. The summed E-state index contributed by atoms with van der Waals surface area (Å²) in [5.41, 5.74) is 5.18. The van der Waals surface area contributed by atoms with Gasteiger partial charge in [-0.3, -0.25) is 9.59 Å². The Kier molecular flexibility index (Phi) is 17.0. The Hall–Kier alpha value is -3.38. The molecule has 0 aliphatic carbocycles.